The Morgan fingerprint density at radius 2 is 1.42 bits per heavy atom. The van der Waals surface area contributed by atoms with Crippen molar-refractivity contribution >= 4 is 34.4 Å². The molecule has 5 aromatic rings. The van der Waals surface area contributed by atoms with Gasteiger partial charge in [-0.05, 0) is 59.3 Å². The minimum Gasteiger partial charge on any atom is -0.457 e. The summed E-state index contributed by atoms with van der Waals surface area (Å²) in [5, 5.41) is 14.7. The van der Waals surface area contributed by atoms with E-state index in [1.807, 2.05) is 92.7 Å². The number of para-hydroxylation sites is 1. The van der Waals surface area contributed by atoms with Gasteiger partial charge in [-0.1, -0.05) is 104 Å². The number of esters is 1. The summed E-state index contributed by atoms with van der Waals surface area (Å²) in [6.45, 7) is 3.88. The summed E-state index contributed by atoms with van der Waals surface area (Å²) in [7, 11) is 1.54. The number of halogens is 1. The second-order valence-corrected chi connectivity index (χ2v) is 10.8. The molecule has 5 aromatic carbocycles. The van der Waals surface area contributed by atoms with E-state index in [1.165, 1.54) is 7.05 Å². The molecule has 0 aromatic heterocycles. The molecule has 0 aliphatic heterocycles. The Labute approximate surface area is 267 Å². The molecule has 45 heavy (non-hydrogen) atoms. The number of nitrogens with one attached hydrogen (secondary N) is 1. The Bertz CT molecular complexity index is 1760. The predicted molar refractivity (Wildman–Crippen MR) is 175 cm³/mol. The van der Waals surface area contributed by atoms with Crippen molar-refractivity contribution in [2.24, 2.45) is 5.92 Å². The van der Waals surface area contributed by atoms with E-state index in [0.29, 0.717) is 27.8 Å². The Morgan fingerprint density at radius 1 is 0.778 bits per heavy atom. The van der Waals surface area contributed by atoms with E-state index in [0.717, 1.165) is 16.3 Å². The number of benzene rings is 5. The number of nitrogens with zero attached hydrogens (tertiary/aromatic N) is 1. The van der Waals surface area contributed by atoms with E-state index >= 15 is 0 Å². The zero-order valence-corrected chi connectivity index (χ0v) is 25.9. The number of hydrogen-bond donors (Lipinski definition) is 1. The number of carbonyl (C=O) groups is 2. The topological polar surface area (TPSA) is 97.7 Å². The van der Waals surface area contributed by atoms with Crippen molar-refractivity contribution in [2.45, 2.75) is 25.9 Å². The van der Waals surface area contributed by atoms with E-state index in [2.05, 4.69) is 11.4 Å². The maximum atomic E-state index is 13.0. The second kappa shape index (κ2) is 15.9. The van der Waals surface area contributed by atoms with Crippen LogP contribution in [0.15, 0.2) is 121 Å². The summed E-state index contributed by atoms with van der Waals surface area (Å²) in [4.78, 5) is 24.0. The number of fused-ring (bicyclic) bond motifs is 1. The van der Waals surface area contributed by atoms with E-state index in [1.54, 1.807) is 42.5 Å². The molecule has 0 saturated carbocycles. The SMILES string of the molecule is CC(C)[C@H](C(=O)O[C@H](C#N)c1cccc(Oc2ccccc2)c1)c1ccc(Cl)cc1.CNC(=O)Oc1cccc2ccccc12. The number of hydrogen-bond acceptors (Lipinski definition) is 6. The van der Waals surface area contributed by atoms with Gasteiger partial charge < -0.3 is 19.5 Å². The van der Waals surface area contributed by atoms with Crippen molar-refractivity contribution in [3.8, 4) is 23.3 Å². The van der Waals surface area contributed by atoms with Crippen LogP contribution in [0.1, 0.15) is 37.0 Å². The molecule has 0 aliphatic carbocycles. The molecule has 8 heteroatoms. The largest absolute Gasteiger partial charge is 0.457 e. The van der Waals surface area contributed by atoms with Crippen LogP contribution in [0.25, 0.3) is 10.8 Å². The first-order valence-corrected chi connectivity index (χ1v) is 14.7. The summed E-state index contributed by atoms with van der Waals surface area (Å²) < 4.78 is 16.6. The molecular weight excluding hydrogens is 588 g/mol. The third-order valence-electron chi connectivity index (χ3n) is 6.80. The minimum atomic E-state index is -1.04. The van der Waals surface area contributed by atoms with Crippen LogP contribution in [0.5, 0.6) is 17.2 Å². The molecule has 1 N–H and O–H groups in total. The lowest BCUT2D eigenvalue weighted by atomic mass is 9.88. The maximum Gasteiger partial charge on any atom is 0.412 e. The van der Waals surface area contributed by atoms with Crippen molar-refractivity contribution in [1.82, 2.24) is 5.32 Å². The Morgan fingerprint density at radius 3 is 2.11 bits per heavy atom. The van der Waals surface area contributed by atoms with Gasteiger partial charge in [-0.2, -0.15) is 5.26 Å². The fourth-order valence-corrected chi connectivity index (χ4v) is 4.75. The van der Waals surface area contributed by atoms with Crippen LogP contribution in [-0.4, -0.2) is 19.1 Å². The average Bonchev–Trinajstić information content (AvgIpc) is 3.05. The highest BCUT2D eigenvalue weighted by molar-refractivity contribution is 6.30. The molecule has 7 nitrogen and oxygen atoms in total. The standard InChI is InChI=1S/C25H22ClNO3.C12H11NO2/c1-17(2)24(18-11-13-20(26)14-12-18)25(28)30-23(16-27)19-7-6-10-22(15-19)29-21-8-4-3-5-9-21;1-13-12(14)15-11-8-4-6-9-5-2-3-7-10(9)11/h3-15,17,23-24H,1-2H3;2-8H,1H3,(H,13,14)/t23-,24+;/m1./s1. The van der Waals surface area contributed by atoms with Gasteiger partial charge in [0.1, 0.15) is 23.3 Å². The van der Waals surface area contributed by atoms with E-state index in [9.17, 15) is 14.9 Å². The lowest BCUT2D eigenvalue weighted by Crippen LogP contribution is -2.22. The van der Waals surface area contributed by atoms with Gasteiger partial charge in [-0.15, -0.1) is 0 Å². The Balaban J connectivity index is 0.000000256. The quantitative estimate of drug-likeness (QED) is 0.174. The van der Waals surface area contributed by atoms with Gasteiger partial charge in [0.15, 0.2) is 0 Å². The van der Waals surface area contributed by atoms with Crippen LogP contribution >= 0.6 is 11.6 Å². The maximum absolute atomic E-state index is 13.0. The van der Waals surface area contributed by atoms with Gasteiger partial charge >= 0.3 is 12.1 Å². The van der Waals surface area contributed by atoms with Crippen molar-refractivity contribution in [3.63, 3.8) is 0 Å². The molecule has 0 unspecified atom stereocenters. The number of amides is 1. The summed E-state index contributed by atoms with van der Waals surface area (Å²) >= 11 is 5.96. The van der Waals surface area contributed by atoms with Gasteiger partial charge in [0.05, 0.1) is 5.92 Å². The Kier molecular flexibility index (Phi) is 11.6. The zero-order chi connectivity index (χ0) is 32.2. The first kappa shape index (κ1) is 32.6. The third-order valence-corrected chi connectivity index (χ3v) is 7.05. The summed E-state index contributed by atoms with van der Waals surface area (Å²) in [5.41, 5.74) is 1.36. The molecule has 0 heterocycles. The average molecular weight is 621 g/mol. The molecule has 0 spiro atoms. The normalized spacial score (nSPS) is 11.7. The number of ether oxygens (including phenoxy) is 3. The molecule has 0 fully saturated rings. The molecule has 5 rings (SSSR count). The van der Waals surface area contributed by atoms with Crippen molar-refractivity contribution in [1.29, 1.82) is 5.26 Å². The monoisotopic (exact) mass is 620 g/mol. The lowest BCUT2D eigenvalue weighted by Gasteiger charge is -2.22. The first-order valence-electron chi connectivity index (χ1n) is 14.3. The highest BCUT2D eigenvalue weighted by atomic mass is 35.5. The summed E-state index contributed by atoms with van der Waals surface area (Å²) in [6.07, 6.45) is -1.49. The highest BCUT2D eigenvalue weighted by Crippen LogP contribution is 2.31. The predicted octanol–water partition coefficient (Wildman–Crippen LogP) is 9.24. The van der Waals surface area contributed by atoms with Gasteiger partial charge in [0, 0.05) is 23.0 Å². The van der Waals surface area contributed by atoms with Gasteiger partial charge in [-0.3, -0.25) is 4.79 Å². The van der Waals surface area contributed by atoms with Crippen molar-refractivity contribution < 1.29 is 23.8 Å². The van der Waals surface area contributed by atoms with Crippen LogP contribution in [0.4, 0.5) is 4.79 Å². The van der Waals surface area contributed by atoms with E-state index in [-0.39, 0.29) is 5.92 Å². The molecule has 0 bridgehead atoms. The van der Waals surface area contributed by atoms with Crippen LogP contribution < -0.4 is 14.8 Å². The molecular formula is C37H33ClN2O5. The van der Waals surface area contributed by atoms with E-state index < -0.39 is 24.1 Å². The molecule has 228 valence electrons. The molecule has 1 amide bonds. The Hall–Kier alpha value is -5.32. The molecule has 2 atom stereocenters. The smallest absolute Gasteiger partial charge is 0.412 e. The summed E-state index contributed by atoms with van der Waals surface area (Å²) in [5.74, 6) is 0.865. The van der Waals surface area contributed by atoms with Gasteiger partial charge in [0.2, 0.25) is 6.10 Å². The van der Waals surface area contributed by atoms with Gasteiger partial charge in [-0.25, -0.2) is 4.79 Å². The highest BCUT2D eigenvalue weighted by Gasteiger charge is 2.29. The first-order chi connectivity index (χ1) is 21.8. The molecule has 0 radical (unpaired) electrons. The number of carbonyl (C=O) groups excluding carboxylic acids is 2. The van der Waals surface area contributed by atoms with Crippen LogP contribution in [0.3, 0.4) is 0 Å². The minimum absolute atomic E-state index is 0.00855. The van der Waals surface area contributed by atoms with Crippen molar-refractivity contribution in [3.05, 3.63) is 137 Å². The zero-order valence-electron chi connectivity index (χ0n) is 25.1. The number of nitriles is 1. The molecule has 0 saturated heterocycles. The lowest BCUT2D eigenvalue weighted by molar-refractivity contribution is -0.150. The van der Waals surface area contributed by atoms with Crippen molar-refractivity contribution in [2.75, 3.05) is 7.05 Å². The van der Waals surface area contributed by atoms with Crippen LogP contribution in [0, 0.1) is 17.2 Å². The van der Waals surface area contributed by atoms with Crippen LogP contribution in [-0.2, 0) is 9.53 Å². The summed E-state index contributed by atoms with van der Waals surface area (Å²) in [6, 6.07) is 38.9. The number of rotatable bonds is 8. The fourth-order valence-electron chi connectivity index (χ4n) is 4.62. The fraction of sp³-hybridized carbons (Fsp3) is 0.162. The van der Waals surface area contributed by atoms with Gasteiger partial charge in [0.25, 0.3) is 0 Å². The van der Waals surface area contributed by atoms with Crippen LogP contribution in [0.2, 0.25) is 5.02 Å². The van der Waals surface area contributed by atoms with E-state index in [4.69, 9.17) is 25.8 Å². The molecule has 0 aliphatic rings. The third kappa shape index (κ3) is 9.09. The second-order valence-electron chi connectivity index (χ2n) is 10.3.